The Morgan fingerprint density at radius 2 is 1.96 bits per heavy atom. The fourth-order valence-corrected chi connectivity index (χ4v) is 4.33. The number of nitrogens with zero attached hydrogens (tertiary/aromatic N) is 5. The molecule has 0 fully saturated rings. The zero-order chi connectivity index (χ0) is 19.2. The zero-order valence-corrected chi connectivity index (χ0v) is 15.7. The van der Waals surface area contributed by atoms with E-state index in [-0.39, 0.29) is 12.5 Å². The molecule has 1 aliphatic carbocycles. The van der Waals surface area contributed by atoms with Crippen LogP contribution < -0.4 is 9.62 Å². The maximum atomic E-state index is 12.5. The second kappa shape index (κ2) is 6.31. The first-order valence-corrected chi connectivity index (χ1v) is 10.2. The highest BCUT2D eigenvalue weighted by atomic mass is 32.2. The van der Waals surface area contributed by atoms with E-state index in [1.807, 2.05) is 18.2 Å². The lowest BCUT2D eigenvalue weighted by Crippen LogP contribution is -2.37. The van der Waals surface area contributed by atoms with E-state index in [2.05, 4.69) is 26.8 Å². The van der Waals surface area contributed by atoms with Crippen molar-refractivity contribution in [1.82, 2.24) is 20.2 Å². The number of anilines is 2. The van der Waals surface area contributed by atoms with E-state index < -0.39 is 15.9 Å². The third-order valence-corrected chi connectivity index (χ3v) is 5.70. The van der Waals surface area contributed by atoms with Crippen molar-refractivity contribution in [2.45, 2.75) is 12.8 Å². The molecule has 0 saturated heterocycles. The molecule has 140 valence electrons. The smallest absolute Gasteiger partial charge is 0.270 e. The number of hydrogen-bond donors (Lipinski definition) is 1. The summed E-state index contributed by atoms with van der Waals surface area (Å²) >= 11 is 0. The summed E-state index contributed by atoms with van der Waals surface area (Å²) in [5.41, 5.74) is 2.89. The van der Waals surface area contributed by atoms with Crippen LogP contribution in [0.1, 0.15) is 11.1 Å². The van der Waals surface area contributed by atoms with E-state index in [0.717, 1.165) is 34.2 Å². The van der Waals surface area contributed by atoms with Crippen LogP contribution in [0.5, 0.6) is 0 Å². The molecule has 0 atom stereocenters. The van der Waals surface area contributed by atoms with Crippen molar-refractivity contribution < 1.29 is 13.2 Å². The average molecular weight is 386 g/mol. The number of carbonyl (C=O) groups is 1. The van der Waals surface area contributed by atoms with Gasteiger partial charge >= 0.3 is 0 Å². The van der Waals surface area contributed by atoms with Crippen LogP contribution in [0, 0.1) is 0 Å². The SMILES string of the molecule is Cn1nnc(NC(=O)CN(c2ccc3c4c(cccc24)CC3)S(C)(=O)=O)n1. The van der Waals surface area contributed by atoms with E-state index in [0.29, 0.717) is 5.69 Å². The molecule has 0 radical (unpaired) electrons. The van der Waals surface area contributed by atoms with Crippen LogP contribution in [-0.4, -0.2) is 47.3 Å². The van der Waals surface area contributed by atoms with Crippen molar-refractivity contribution in [1.29, 1.82) is 0 Å². The largest absolute Gasteiger partial charge is 0.290 e. The molecule has 1 aliphatic rings. The third-order valence-electron chi connectivity index (χ3n) is 4.57. The first-order valence-electron chi connectivity index (χ1n) is 8.38. The Morgan fingerprint density at radius 1 is 1.22 bits per heavy atom. The van der Waals surface area contributed by atoms with E-state index in [1.165, 1.54) is 15.9 Å². The van der Waals surface area contributed by atoms with Gasteiger partial charge in [0.05, 0.1) is 19.0 Å². The molecular formula is C17H18N6O3S. The number of nitrogens with one attached hydrogen (secondary N) is 1. The average Bonchev–Trinajstić information content (AvgIpc) is 3.20. The van der Waals surface area contributed by atoms with Gasteiger partial charge in [0, 0.05) is 5.39 Å². The van der Waals surface area contributed by atoms with Crippen molar-refractivity contribution in [2.24, 2.45) is 7.05 Å². The van der Waals surface area contributed by atoms with E-state index in [4.69, 9.17) is 0 Å². The normalized spacial score (nSPS) is 13.1. The summed E-state index contributed by atoms with van der Waals surface area (Å²) in [6, 6.07) is 9.57. The van der Waals surface area contributed by atoms with Crippen LogP contribution in [0.4, 0.5) is 11.6 Å². The van der Waals surface area contributed by atoms with Gasteiger partial charge in [0.15, 0.2) is 0 Å². The lowest BCUT2D eigenvalue weighted by Gasteiger charge is -2.23. The van der Waals surface area contributed by atoms with Gasteiger partial charge in [-0.05, 0) is 40.6 Å². The maximum Gasteiger partial charge on any atom is 0.270 e. The van der Waals surface area contributed by atoms with Gasteiger partial charge < -0.3 is 0 Å². The van der Waals surface area contributed by atoms with Crippen molar-refractivity contribution in [3.63, 3.8) is 0 Å². The van der Waals surface area contributed by atoms with Crippen molar-refractivity contribution in [3.05, 3.63) is 41.5 Å². The van der Waals surface area contributed by atoms with Crippen LogP contribution in [0.3, 0.4) is 0 Å². The molecule has 1 N–H and O–H groups in total. The summed E-state index contributed by atoms with van der Waals surface area (Å²) in [4.78, 5) is 13.6. The highest BCUT2D eigenvalue weighted by molar-refractivity contribution is 7.92. The topological polar surface area (TPSA) is 110 Å². The molecule has 0 saturated carbocycles. The van der Waals surface area contributed by atoms with E-state index >= 15 is 0 Å². The molecule has 1 aromatic heterocycles. The minimum Gasteiger partial charge on any atom is -0.290 e. The standard InChI is InChI=1S/C17H18N6O3S/c1-22-20-17(19-21-22)18-15(24)10-23(27(2,25)26)14-9-8-12-7-6-11-4-3-5-13(14)16(11)12/h3-5,8-9H,6-7,10H2,1-2H3,(H,18,20,24). The number of sulfonamides is 1. The second-order valence-corrected chi connectivity index (χ2v) is 8.41. The molecule has 27 heavy (non-hydrogen) atoms. The highest BCUT2D eigenvalue weighted by Gasteiger charge is 2.25. The molecule has 4 rings (SSSR count). The Labute approximate surface area is 156 Å². The molecule has 1 heterocycles. The van der Waals surface area contributed by atoms with Gasteiger partial charge in [-0.3, -0.25) is 14.4 Å². The van der Waals surface area contributed by atoms with Gasteiger partial charge in [0.1, 0.15) is 6.54 Å². The lowest BCUT2D eigenvalue weighted by atomic mass is 10.0. The van der Waals surface area contributed by atoms with Crippen LogP contribution in [-0.2, 0) is 34.7 Å². The molecule has 10 heteroatoms. The first-order chi connectivity index (χ1) is 12.8. The Morgan fingerprint density at radius 3 is 2.63 bits per heavy atom. The van der Waals surface area contributed by atoms with Gasteiger partial charge in [-0.25, -0.2) is 8.42 Å². The Balaban J connectivity index is 1.72. The summed E-state index contributed by atoms with van der Waals surface area (Å²) in [5, 5.41) is 15.6. The predicted octanol–water partition coefficient (Wildman–Crippen LogP) is 0.867. The molecule has 0 aliphatic heterocycles. The van der Waals surface area contributed by atoms with E-state index in [1.54, 1.807) is 13.1 Å². The third kappa shape index (κ3) is 3.23. The lowest BCUT2D eigenvalue weighted by molar-refractivity contribution is -0.114. The molecular weight excluding hydrogens is 368 g/mol. The van der Waals surface area contributed by atoms with Crippen LogP contribution in [0.15, 0.2) is 30.3 Å². The number of tetrazole rings is 1. The molecule has 0 bridgehead atoms. The maximum absolute atomic E-state index is 12.5. The Hall–Kier alpha value is -3.01. The summed E-state index contributed by atoms with van der Waals surface area (Å²) in [5.74, 6) is -0.520. The fourth-order valence-electron chi connectivity index (χ4n) is 3.46. The van der Waals surface area contributed by atoms with Crippen molar-refractivity contribution >= 4 is 38.3 Å². The van der Waals surface area contributed by atoms with Gasteiger partial charge in [-0.2, -0.15) is 4.80 Å². The molecule has 1 amide bonds. The van der Waals surface area contributed by atoms with Gasteiger partial charge in [0.2, 0.25) is 15.9 Å². The molecule has 0 spiro atoms. The number of aryl methyl sites for hydroxylation is 3. The molecule has 2 aromatic carbocycles. The molecule has 0 unspecified atom stereocenters. The first kappa shape index (κ1) is 17.4. The van der Waals surface area contributed by atoms with Gasteiger partial charge in [0.25, 0.3) is 5.95 Å². The van der Waals surface area contributed by atoms with Gasteiger partial charge in [-0.15, -0.1) is 5.10 Å². The summed E-state index contributed by atoms with van der Waals surface area (Å²) in [6.45, 7) is -0.379. The number of aromatic nitrogens is 4. The minimum atomic E-state index is -3.69. The van der Waals surface area contributed by atoms with Crippen LogP contribution in [0.25, 0.3) is 10.8 Å². The zero-order valence-electron chi connectivity index (χ0n) is 14.9. The van der Waals surface area contributed by atoms with Crippen molar-refractivity contribution in [2.75, 3.05) is 22.4 Å². The fraction of sp³-hybridized carbons (Fsp3) is 0.294. The number of hydrogen-bond acceptors (Lipinski definition) is 6. The minimum absolute atomic E-state index is 0.0244. The highest BCUT2D eigenvalue weighted by Crippen LogP contribution is 2.37. The van der Waals surface area contributed by atoms with Crippen LogP contribution >= 0.6 is 0 Å². The van der Waals surface area contributed by atoms with Gasteiger partial charge in [-0.1, -0.05) is 29.4 Å². The number of carbonyl (C=O) groups excluding carboxylic acids is 1. The van der Waals surface area contributed by atoms with Crippen LogP contribution in [0.2, 0.25) is 0 Å². The Kier molecular flexibility index (Phi) is 4.06. The number of benzene rings is 2. The summed E-state index contributed by atoms with van der Waals surface area (Å²) in [6.07, 6.45) is 2.96. The number of amides is 1. The quantitative estimate of drug-likeness (QED) is 0.697. The van der Waals surface area contributed by atoms with Crippen molar-refractivity contribution in [3.8, 4) is 0 Å². The van der Waals surface area contributed by atoms with E-state index in [9.17, 15) is 13.2 Å². The number of rotatable bonds is 5. The molecule has 3 aromatic rings. The second-order valence-electron chi connectivity index (χ2n) is 6.50. The summed E-state index contributed by atoms with van der Waals surface area (Å²) < 4.78 is 26.0. The Bertz CT molecular complexity index is 1140. The predicted molar refractivity (Wildman–Crippen MR) is 101 cm³/mol. The summed E-state index contributed by atoms with van der Waals surface area (Å²) in [7, 11) is -2.12. The monoisotopic (exact) mass is 386 g/mol. The molecule has 9 nitrogen and oxygen atoms in total.